The summed E-state index contributed by atoms with van der Waals surface area (Å²) in [4.78, 5) is 4.60. The lowest BCUT2D eigenvalue weighted by atomic mass is 10.2. The number of thiazole rings is 1. The predicted molar refractivity (Wildman–Crippen MR) is 86.8 cm³/mol. The van der Waals surface area contributed by atoms with Crippen LogP contribution in [0.2, 0.25) is 0 Å². The molecule has 0 spiro atoms. The highest BCUT2D eigenvalue weighted by molar-refractivity contribution is 7.89. The lowest BCUT2D eigenvalue weighted by Crippen LogP contribution is -2.26. The van der Waals surface area contributed by atoms with Crippen molar-refractivity contribution in [2.75, 3.05) is 6.61 Å². The van der Waals surface area contributed by atoms with Crippen molar-refractivity contribution in [3.05, 3.63) is 28.6 Å². The summed E-state index contributed by atoms with van der Waals surface area (Å²) in [7, 11) is -3.57. The zero-order valence-electron chi connectivity index (χ0n) is 12.5. The number of hydrogen-bond donors (Lipinski definition) is 1. The maximum atomic E-state index is 12.6. The first-order valence-electron chi connectivity index (χ1n) is 7.21. The van der Waals surface area contributed by atoms with E-state index in [0.717, 1.165) is 29.1 Å². The highest BCUT2D eigenvalue weighted by atomic mass is 32.2. The van der Waals surface area contributed by atoms with E-state index in [4.69, 9.17) is 4.74 Å². The molecule has 1 heterocycles. The van der Waals surface area contributed by atoms with Crippen molar-refractivity contribution in [1.82, 2.24) is 9.71 Å². The summed E-state index contributed by atoms with van der Waals surface area (Å²) in [5.41, 5.74) is 1.57. The summed E-state index contributed by atoms with van der Waals surface area (Å²) in [6.07, 6.45) is 1.79. The van der Waals surface area contributed by atoms with Gasteiger partial charge in [-0.25, -0.2) is 18.1 Å². The molecule has 0 amide bonds. The first-order chi connectivity index (χ1) is 10.5. The maximum absolute atomic E-state index is 12.6. The third kappa shape index (κ3) is 3.31. The minimum Gasteiger partial charge on any atom is -0.492 e. The molecular weight excluding hydrogens is 320 g/mol. The monoisotopic (exact) mass is 338 g/mol. The van der Waals surface area contributed by atoms with Crippen LogP contribution in [0.1, 0.15) is 24.8 Å². The highest BCUT2D eigenvalue weighted by Crippen LogP contribution is 2.32. The molecule has 0 atom stereocenters. The van der Waals surface area contributed by atoms with Gasteiger partial charge in [0.15, 0.2) is 0 Å². The van der Waals surface area contributed by atoms with E-state index in [0.29, 0.717) is 12.4 Å². The molecule has 1 aliphatic carbocycles. The molecule has 1 fully saturated rings. The fourth-order valence-corrected chi connectivity index (χ4v) is 4.23. The summed E-state index contributed by atoms with van der Waals surface area (Å²) >= 11 is 1.54. The van der Waals surface area contributed by atoms with E-state index < -0.39 is 10.0 Å². The maximum Gasteiger partial charge on any atom is 0.244 e. The fourth-order valence-electron chi connectivity index (χ4n) is 2.13. The van der Waals surface area contributed by atoms with Gasteiger partial charge in [-0.1, -0.05) is 0 Å². The van der Waals surface area contributed by atoms with Crippen LogP contribution in [-0.2, 0) is 10.0 Å². The summed E-state index contributed by atoms with van der Waals surface area (Å²) in [6, 6.07) is 5.25. The molecule has 22 heavy (non-hydrogen) atoms. The third-order valence-corrected chi connectivity index (χ3v) is 5.66. The topological polar surface area (TPSA) is 68.3 Å². The van der Waals surface area contributed by atoms with Gasteiger partial charge in [0.2, 0.25) is 10.0 Å². The molecule has 2 aromatic rings. The molecule has 0 aliphatic heterocycles. The largest absolute Gasteiger partial charge is 0.492 e. The van der Waals surface area contributed by atoms with Gasteiger partial charge in [0, 0.05) is 17.0 Å². The molecule has 1 aromatic carbocycles. The van der Waals surface area contributed by atoms with Crippen LogP contribution in [-0.4, -0.2) is 26.1 Å². The van der Waals surface area contributed by atoms with Gasteiger partial charge in [-0.2, -0.15) is 0 Å². The van der Waals surface area contributed by atoms with Crippen molar-refractivity contribution in [3.8, 4) is 17.0 Å². The number of rotatable bonds is 6. The lowest BCUT2D eigenvalue weighted by Gasteiger charge is -2.12. The van der Waals surface area contributed by atoms with Crippen LogP contribution in [0.3, 0.4) is 0 Å². The quantitative estimate of drug-likeness (QED) is 0.879. The van der Waals surface area contributed by atoms with Gasteiger partial charge in [-0.15, -0.1) is 11.3 Å². The second-order valence-corrected chi connectivity index (χ2v) is 7.99. The Balaban J connectivity index is 2.04. The standard InChI is InChI=1S/C15H18N2O3S2/c1-3-20-14-7-4-11(13-9-21-10(2)16-13)8-15(14)22(18,19)17-12-5-6-12/h4,7-9,12,17H,3,5-6H2,1-2H3. The van der Waals surface area contributed by atoms with Crippen molar-refractivity contribution in [2.24, 2.45) is 0 Å². The summed E-state index contributed by atoms with van der Waals surface area (Å²) in [5, 5.41) is 2.87. The number of aryl methyl sites for hydroxylation is 1. The molecule has 118 valence electrons. The van der Waals surface area contributed by atoms with E-state index in [9.17, 15) is 8.42 Å². The van der Waals surface area contributed by atoms with E-state index in [-0.39, 0.29) is 10.9 Å². The molecule has 1 aromatic heterocycles. The zero-order valence-corrected chi connectivity index (χ0v) is 14.1. The van der Waals surface area contributed by atoms with E-state index in [1.165, 1.54) is 0 Å². The van der Waals surface area contributed by atoms with Crippen LogP contribution in [0.4, 0.5) is 0 Å². The molecule has 0 unspecified atom stereocenters. The van der Waals surface area contributed by atoms with Crippen LogP contribution in [0.25, 0.3) is 11.3 Å². The number of hydrogen-bond acceptors (Lipinski definition) is 5. The minimum absolute atomic E-state index is 0.0599. The second kappa shape index (κ2) is 5.98. The molecular formula is C15H18N2O3S2. The van der Waals surface area contributed by atoms with E-state index >= 15 is 0 Å². The summed E-state index contributed by atoms with van der Waals surface area (Å²) in [6.45, 7) is 4.18. The molecule has 1 aliphatic rings. The van der Waals surface area contributed by atoms with Crippen LogP contribution < -0.4 is 9.46 Å². The van der Waals surface area contributed by atoms with Gasteiger partial charge in [0.1, 0.15) is 10.6 Å². The van der Waals surface area contributed by atoms with E-state index in [1.54, 1.807) is 23.5 Å². The smallest absolute Gasteiger partial charge is 0.244 e. The highest BCUT2D eigenvalue weighted by Gasteiger charge is 2.30. The molecule has 0 saturated heterocycles. The fraction of sp³-hybridized carbons (Fsp3) is 0.400. The summed E-state index contributed by atoms with van der Waals surface area (Å²) < 4.78 is 33.3. The molecule has 0 radical (unpaired) electrons. The molecule has 0 bridgehead atoms. The van der Waals surface area contributed by atoms with Crippen LogP contribution in [0.15, 0.2) is 28.5 Å². The van der Waals surface area contributed by atoms with Crippen molar-refractivity contribution in [3.63, 3.8) is 0 Å². The Labute approximate surface area is 134 Å². The number of ether oxygens (including phenoxy) is 1. The Bertz CT molecular complexity index is 780. The second-order valence-electron chi connectivity index (χ2n) is 5.24. The molecule has 1 saturated carbocycles. The van der Waals surface area contributed by atoms with Gasteiger partial charge in [0.25, 0.3) is 0 Å². The van der Waals surface area contributed by atoms with Gasteiger partial charge in [-0.05, 0) is 44.9 Å². The normalized spacial score (nSPS) is 15.0. The number of nitrogens with one attached hydrogen (secondary N) is 1. The van der Waals surface area contributed by atoms with Crippen LogP contribution >= 0.6 is 11.3 Å². The van der Waals surface area contributed by atoms with Crippen molar-refractivity contribution < 1.29 is 13.2 Å². The van der Waals surface area contributed by atoms with Gasteiger partial charge >= 0.3 is 0 Å². The number of benzene rings is 1. The molecule has 3 rings (SSSR count). The number of sulfonamides is 1. The Morgan fingerprint density at radius 2 is 2.18 bits per heavy atom. The Hall–Kier alpha value is -1.44. The number of aromatic nitrogens is 1. The van der Waals surface area contributed by atoms with Crippen molar-refractivity contribution in [2.45, 2.75) is 37.6 Å². The Morgan fingerprint density at radius 1 is 1.41 bits per heavy atom. The third-order valence-electron chi connectivity index (χ3n) is 3.35. The SMILES string of the molecule is CCOc1ccc(-c2csc(C)n2)cc1S(=O)(=O)NC1CC1. The Kier molecular flexibility index (Phi) is 4.20. The van der Waals surface area contributed by atoms with Crippen molar-refractivity contribution >= 4 is 21.4 Å². The first-order valence-corrected chi connectivity index (χ1v) is 9.57. The minimum atomic E-state index is -3.57. The molecule has 5 nitrogen and oxygen atoms in total. The average molecular weight is 338 g/mol. The van der Waals surface area contributed by atoms with Gasteiger partial charge < -0.3 is 4.74 Å². The zero-order chi connectivity index (χ0) is 15.7. The van der Waals surface area contributed by atoms with E-state index in [2.05, 4.69) is 9.71 Å². The average Bonchev–Trinajstić information content (AvgIpc) is 3.17. The lowest BCUT2D eigenvalue weighted by molar-refractivity contribution is 0.331. The molecule has 7 heteroatoms. The molecule has 1 N–H and O–H groups in total. The van der Waals surface area contributed by atoms with Gasteiger partial charge in [-0.3, -0.25) is 0 Å². The Morgan fingerprint density at radius 3 is 2.77 bits per heavy atom. The van der Waals surface area contributed by atoms with Crippen LogP contribution in [0, 0.1) is 6.92 Å². The van der Waals surface area contributed by atoms with Crippen LogP contribution in [0.5, 0.6) is 5.75 Å². The first kappa shape index (κ1) is 15.5. The van der Waals surface area contributed by atoms with E-state index in [1.807, 2.05) is 25.3 Å². The summed E-state index contributed by atoms with van der Waals surface area (Å²) in [5.74, 6) is 0.381. The predicted octanol–water partition coefficient (Wildman–Crippen LogP) is 2.96. The number of nitrogens with zero attached hydrogens (tertiary/aromatic N) is 1. The van der Waals surface area contributed by atoms with Crippen molar-refractivity contribution in [1.29, 1.82) is 0 Å². The van der Waals surface area contributed by atoms with Gasteiger partial charge in [0.05, 0.1) is 17.3 Å².